The number of fused-ring (bicyclic) bond motifs is 1. The number of benzene rings is 1. The van der Waals surface area contributed by atoms with Crippen LogP contribution in [0.4, 0.5) is 0 Å². The highest BCUT2D eigenvalue weighted by Crippen LogP contribution is 2.34. The van der Waals surface area contributed by atoms with Crippen molar-refractivity contribution in [1.82, 2.24) is 0 Å². The Morgan fingerprint density at radius 1 is 1.33 bits per heavy atom. The molecular weight excluding hydrogens is 236 g/mol. The molecule has 0 spiro atoms. The average Bonchev–Trinajstić information content (AvgIpc) is 2.44. The SMILES string of the molecule is COC(=O)C(C)C(O)c1ccc2c(c1)OCCO2. The third-order valence-electron chi connectivity index (χ3n) is 2.95. The fourth-order valence-corrected chi connectivity index (χ4v) is 1.85. The monoisotopic (exact) mass is 252 g/mol. The second-order valence-electron chi connectivity index (χ2n) is 4.16. The van der Waals surface area contributed by atoms with Gasteiger partial charge in [-0.05, 0) is 24.6 Å². The van der Waals surface area contributed by atoms with Crippen LogP contribution in [0, 0.1) is 5.92 Å². The molecule has 1 heterocycles. The molecular formula is C13H16O5. The van der Waals surface area contributed by atoms with Crippen molar-refractivity contribution in [2.45, 2.75) is 13.0 Å². The lowest BCUT2D eigenvalue weighted by molar-refractivity contribution is -0.148. The molecule has 0 saturated carbocycles. The van der Waals surface area contributed by atoms with Gasteiger partial charge in [0.2, 0.25) is 0 Å². The van der Waals surface area contributed by atoms with Gasteiger partial charge < -0.3 is 19.3 Å². The van der Waals surface area contributed by atoms with Crippen LogP contribution in [0.1, 0.15) is 18.6 Å². The number of esters is 1. The van der Waals surface area contributed by atoms with Gasteiger partial charge in [0, 0.05) is 0 Å². The Hall–Kier alpha value is -1.75. The lowest BCUT2D eigenvalue weighted by atomic mass is 9.97. The summed E-state index contributed by atoms with van der Waals surface area (Å²) in [7, 11) is 1.30. The standard InChI is InChI=1S/C13H16O5/c1-8(13(15)16-2)12(14)9-3-4-10-11(7-9)18-6-5-17-10/h3-4,7-8,12,14H,5-6H2,1-2H3. The van der Waals surface area contributed by atoms with E-state index in [9.17, 15) is 9.90 Å². The maximum absolute atomic E-state index is 11.4. The molecule has 2 atom stereocenters. The molecule has 1 aromatic carbocycles. The summed E-state index contributed by atoms with van der Waals surface area (Å²) in [4.78, 5) is 11.4. The smallest absolute Gasteiger partial charge is 0.311 e. The summed E-state index contributed by atoms with van der Waals surface area (Å²) < 4.78 is 15.4. The van der Waals surface area contributed by atoms with Gasteiger partial charge in [-0.15, -0.1) is 0 Å². The summed E-state index contributed by atoms with van der Waals surface area (Å²) in [5, 5.41) is 10.1. The van der Waals surface area contributed by atoms with Gasteiger partial charge >= 0.3 is 5.97 Å². The van der Waals surface area contributed by atoms with Crippen molar-refractivity contribution in [3.8, 4) is 11.5 Å². The number of ether oxygens (including phenoxy) is 3. The molecule has 5 nitrogen and oxygen atoms in total. The van der Waals surface area contributed by atoms with Crippen LogP contribution >= 0.6 is 0 Å². The van der Waals surface area contributed by atoms with E-state index in [0.29, 0.717) is 30.3 Å². The fraction of sp³-hybridized carbons (Fsp3) is 0.462. The third kappa shape index (κ3) is 2.41. The van der Waals surface area contributed by atoms with E-state index >= 15 is 0 Å². The Bertz CT molecular complexity index is 443. The Labute approximate surface area is 105 Å². The van der Waals surface area contributed by atoms with Crippen LogP contribution in [0.3, 0.4) is 0 Å². The summed E-state index contributed by atoms with van der Waals surface area (Å²) in [5.74, 6) is 0.174. The molecule has 1 aliphatic rings. The molecule has 1 aliphatic heterocycles. The van der Waals surface area contributed by atoms with Gasteiger partial charge in [0.15, 0.2) is 11.5 Å². The number of carbonyl (C=O) groups excluding carboxylic acids is 1. The highest BCUT2D eigenvalue weighted by Gasteiger charge is 2.25. The lowest BCUT2D eigenvalue weighted by Crippen LogP contribution is -2.21. The maximum atomic E-state index is 11.4. The fourth-order valence-electron chi connectivity index (χ4n) is 1.85. The summed E-state index contributed by atoms with van der Waals surface area (Å²) in [6.45, 7) is 2.62. The molecule has 18 heavy (non-hydrogen) atoms. The molecule has 98 valence electrons. The van der Waals surface area contributed by atoms with E-state index in [2.05, 4.69) is 4.74 Å². The van der Waals surface area contributed by atoms with Crippen LogP contribution in [0.15, 0.2) is 18.2 Å². The summed E-state index contributed by atoms with van der Waals surface area (Å²) >= 11 is 0. The van der Waals surface area contributed by atoms with Crippen LogP contribution in [0.25, 0.3) is 0 Å². The predicted molar refractivity (Wildman–Crippen MR) is 63.6 cm³/mol. The molecule has 1 N–H and O–H groups in total. The van der Waals surface area contributed by atoms with Crippen LogP contribution in [0.5, 0.6) is 11.5 Å². The summed E-state index contributed by atoms with van der Waals surface area (Å²) in [6, 6.07) is 5.15. The van der Waals surface area contributed by atoms with Gasteiger partial charge in [-0.1, -0.05) is 6.07 Å². The number of hydrogen-bond acceptors (Lipinski definition) is 5. The van der Waals surface area contributed by atoms with E-state index in [-0.39, 0.29) is 0 Å². The molecule has 0 aliphatic carbocycles. The topological polar surface area (TPSA) is 65.0 Å². The Balaban J connectivity index is 2.20. The first-order valence-corrected chi connectivity index (χ1v) is 5.79. The van der Waals surface area contributed by atoms with E-state index in [0.717, 1.165) is 0 Å². The largest absolute Gasteiger partial charge is 0.486 e. The van der Waals surface area contributed by atoms with Crippen molar-refractivity contribution in [3.63, 3.8) is 0 Å². The van der Waals surface area contributed by atoms with Gasteiger partial charge in [-0.3, -0.25) is 4.79 Å². The summed E-state index contributed by atoms with van der Waals surface area (Å²) in [5.41, 5.74) is 0.608. The number of rotatable bonds is 3. The zero-order chi connectivity index (χ0) is 13.1. The number of hydrogen-bond donors (Lipinski definition) is 1. The molecule has 0 bridgehead atoms. The van der Waals surface area contributed by atoms with E-state index in [4.69, 9.17) is 9.47 Å². The number of aliphatic hydroxyl groups is 1. The molecule has 0 aromatic heterocycles. The molecule has 0 saturated heterocycles. The minimum atomic E-state index is -0.923. The van der Waals surface area contributed by atoms with Gasteiger partial charge in [-0.25, -0.2) is 0 Å². The van der Waals surface area contributed by atoms with E-state index in [1.165, 1.54) is 7.11 Å². The quantitative estimate of drug-likeness (QED) is 0.821. The normalized spacial score (nSPS) is 16.8. The van der Waals surface area contributed by atoms with E-state index < -0.39 is 18.0 Å². The van der Waals surface area contributed by atoms with Crippen molar-refractivity contribution < 1.29 is 24.1 Å². The number of carbonyl (C=O) groups is 1. The summed E-state index contributed by atoms with van der Waals surface area (Å²) in [6.07, 6.45) is -0.923. The Kier molecular flexibility index (Phi) is 3.72. The number of methoxy groups -OCH3 is 1. The Morgan fingerprint density at radius 3 is 2.67 bits per heavy atom. The third-order valence-corrected chi connectivity index (χ3v) is 2.95. The minimum absolute atomic E-state index is 0.447. The van der Waals surface area contributed by atoms with Crippen LogP contribution in [-0.2, 0) is 9.53 Å². The Morgan fingerprint density at radius 2 is 2.00 bits per heavy atom. The highest BCUT2D eigenvalue weighted by molar-refractivity contribution is 5.72. The zero-order valence-corrected chi connectivity index (χ0v) is 10.4. The minimum Gasteiger partial charge on any atom is -0.486 e. The first kappa shape index (κ1) is 12.7. The van der Waals surface area contributed by atoms with Crippen molar-refractivity contribution in [2.24, 2.45) is 5.92 Å². The molecule has 5 heteroatoms. The molecule has 0 amide bonds. The second kappa shape index (κ2) is 5.27. The highest BCUT2D eigenvalue weighted by atomic mass is 16.6. The first-order valence-electron chi connectivity index (χ1n) is 5.79. The number of aliphatic hydroxyl groups excluding tert-OH is 1. The van der Waals surface area contributed by atoms with Gasteiger partial charge in [0.25, 0.3) is 0 Å². The van der Waals surface area contributed by atoms with Gasteiger partial charge in [0.1, 0.15) is 13.2 Å². The molecule has 0 radical (unpaired) electrons. The average molecular weight is 252 g/mol. The molecule has 2 unspecified atom stereocenters. The van der Waals surface area contributed by atoms with Crippen molar-refractivity contribution >= 4 is 5.97 Å². The van der Waals surface area contributed by atoms with Gasteiger partial charge in [0.05, 0.1) is 19.1 Å². The van der Waals surface area contributed by atoms with Crippen molar-refractivity contribution in [3.05, 3.63) is 23.8 Å². The van der Waals surface area contributed by atoms with Crippen LogP contribution in [-0.4, -0.2) is 31.4 Å². The van der Waals surface area contributed by atoms with Crippen LogP contribution in [0.2, 0.25) is 0 Å². The zero-order valence-electron chi connectivity index (χ0n) is 10.4. The molecule has 2 rings (SSSR count). The van der Waals surface area contributed by atoms with Crippen molar-refractivity contribution in [2.75, 3.05) is 20.3 Å². The van der Waals surface area contributed by atoms with Crippen molar-refractivity contribution in [1.29, 1.82) is 0 Å². The first-order chi connectivity index (χ1) is 8.63. The van der Waals surface area contributed by atoms with Gasteiger partial charge in [-0.2, -0.15) is 0 Å². The predicted octanol–water partition coefficient (Wildman–Crippen LogP) is 1.30. The second-order valence-corrected chi connectivity index (χ2v) is 4.16. The lowest BCUT2D eigenvalue weighted by Gasteiger charge is -2.21. The molecule has 1 aromatic rings. The maximum Gasteiger partial charge on any atom is 0.311 e. The van der Waals surface area contributed by atoms with Crippen LogP contribution < -0.4 is 9.47 Å². The van der Waals surface area contributed by atoms with E-state index in [1.807, 2.05) is 0 Å². The molecule has 0 fully saturated rings. The van der Waals surface area contributed by atoms with E-state index in [1.54, 1.807) is 25.1 Å².